The van der Waals surface area contributed by atoms with Crippen LogP contribution in [0.1, 0.15) is 24.0 Å². The molecule has 1 N–H and O–H groups in total. The highest BCUT2D eigenvalue weighted by molar-refractivity contribution is 9.10. The molecule has 0 spiro atoms. The molecule has 0 saturated heterocycles. The molecule has 0 radical (unpaired) electrons. The van der Waals surface area contributed by atoms with E-state index >= 15 is 0 Å². The van der Waals surface area contributed by atoms with Gasteiger partial charge < -0.3 is 5.32 Å². The minimum absolute atomic E-state index is 1.04. The van der Waals surface area contributed by atoms with E-state index < -0.39 is 0 Å². The molecule has 0 unspecified atom stereocenters. The number of nitrogens with zero attached hydrogens (tertiary/aromatic N) is 2. The number of hydrogen-bond acceptors (Lipinski definition) is 3. The number of aryl methyl sites for hydroxylation is 2. The summed E-state index contributed by atoms with van der Waals surface area (Å²) < 4.78 is 2.10. The molecule has 2 heterocycles. The van der Waals surface area contributed by atoms with Crippen molar-refractivity contribution in [2.75, 3.05) is 13.1 Å². The molecule has 0 bridgehead atoms. The molecule has 0 amide bonds. The number of hydrogen-bond donors (Lipinski definition) is 1. The van der Waals surface area contributed by atoms with Gasteiger partial charge in [0.15, 0.2) is 0 Å². The summed E-state index contributed by atoms with van der Waals surface area (Å²) in [5, 5.41) is 3.49. The monoisotopic (exact) mass is 411 g/mol. The molecule has 5 heteroatoms. The summed E-state index contributed by atoms with van der Waals surface area (Å²) in [6, 6.07) is 4.26. The SMILES string of the molecule is Brc1cncc(CCCNCCCc2cncc(Br)c2)c1. The molecule has 0 saturated carbocycles. The van der Waals surface area contributed by atoms with Crippen LogP contribution in [0.15, 0.2) is 45.9 Å². The van der Waals surface area contributed by atoms with Crippen LogP contribution in [0.25, 0.3) is 0 Å². The summed E-state index contributed by atoms with van der Waals surface area (Å²) >= 11 is 6.89. The number of rotatable bonds is 8. The fourth-order valence-electron chi connectivity index (χ4n) is 2.15. The van der Waals surface area contributed by atoms with Gasteiger partial charge in [0, 0.05) is 33.7 Å². The molecule has 0 aromatic carbocycles. The predicted molar refractivity (Wildman–Crippen MR) is 93.4 cm³/mol. The number of nitrogens with one attached hydrogen (secondary N) is 1. The Balaban J connectivity index is 1.54. The quantitative estimate of drug-likeness (QED) is 0.661. The van der Waals surface area contributed by atoms with Gasteiger partial charge in [-0.1, -0.05) is 0 Å². The standard InChI is InChI=1S/C16H19Br2N3/c17-15-7-13(9-20-11-15)3-1-5-19-6-2-4-14-8-16(18)12-21-10-14/h7-12,19H,1-6H2. The van der Waals surface area contributed by atoms with Gasteiger partial charge in [0.1, 0.15) is 0 Å². The zero-order valence-electron chi connectivity index (χ0n) is 11.9. The third-order valence-corrected chi connectivity index (χ3v) is 4.03. The van der Waals surface area contributed by atoms with Crippen molar-refractivity contribution < 1.29 is 0 Å². The van der Waals surface area contributed by atoms with Gasteiger partial charge in [-0.3, -0.25) is 9.97 Å². The van der Waals surface area contributed by atoms with Crippen molar-refractivity contribution in [1.29, 1.82) is 0 Å². The maximum absolute atomic E-state index is 4.18. The largest absolute Gasteiger partial charge is 0.317 e. The Kier molecular flexibility index (Phi) is 7.33. The summed E-state index contributed by atoms with van der Waals surface area (Å²) in [6.07, 6.45) is 11.9. The lowest BCUT2D eigenvalue weighted by Crippen LogP contribution is -2.17. The summed E-state index contributed by atoms with van der Waals surface area (Å²) in [6.45, 7) is 2.09. The third kappa shape index (κ3) is 6.68. The van der Waals surface area contributed by atoms with E-state index in [4.69, 9.17) is 0 Å². The van der Waals surface area contributed by atoms with E-state index in [0.717, 1.165) is 47.7 Å². The van der Waals surface area contributed by atoms with Crippen LogP contribution in [0.3, 0.4) is 0 Å². The van der Waals surface area contributed by atoms with Crippen molar-refractivity contribution in [1.82, 2.24) is 15.3 Å². The molecule has 2 aromatic heterocycles. The molecule has 21 heavy (non-hydrogen) atoms. The fraction of sp³-hybridized carbons (Fsp3) is 0.375. The second kappa shape index (κ2) is 9.28. The van der Waals surface area contributed by atoms with Crippen LogP contribution in [0.4, 0.5) is 0 Å². The lowest BCUT2D eigenvalue weighted by atomic mass is 10.1. The van der Waals surface area contributed by atoms with E-state index in [9.17, 15) is 0 Å². The van der Waals surface area contributed by atoms with Gasteiger partial charge in [-0.25, -0.2) is 0 Å². The maximum Gasteiger partial charge on any atom is 0.0410 e. The average Bonchev–Trinajstić information content (AvgIpc) is 2.46. The first-order valence-electron chi connectivity index (χ1n) is 7.13. The van der Waals surface area contributed by atoms with Crippen molar-refractivity contribution in [2.24, 2.45) is 0 Å². The van der Waals surface area contributed by atoms with Crippen molar-refractivity contribution >= 4 is 31.9 Å². The molecule has 112 valence electrons. The zero-order chi connectivity index (χ0) is 14.9. The van der Waals surface area contributed by atoms with Gasteiger partial charge in [0.25, 0.3) is 0 Å². The van der Waals surface area contributed by atoms with E-state index in [0.29, 0.717) is 0 Å². The molecule has 0 aliphatic rings. The minimum atomic E-state index is 1.04. The Bertz CT molecular complexity index is 511. The summed E-state index contributed by atoms with van der Waals surface area (Å²) in [4.78, 5) is 8.35. The summed E-state index contributed by atoms with van der Waals surface area (Å²) in [5.41, 5.74) is 2.57. The molecule has 0 atom stereocenters. The smallest absolute Gasteiger partial charge is 0.0410 e. The highest BCUT2D eigenvalue weighted by Crippen LogP contribution is 2.11. The average molecular weight is 413 g/mol. The summed E-state index contributed by atoms with van der Waals surface area (Å²) in [5.74, 6) is 0. The lowest BCUT2D eigenvalue weighted by molar-refractivity contribution is 0.621. The molecular weight excluding hydrogens is 394 g/mol. The van der Waals surface area contributed by atoms with Crippen molar-refractivity contribution in [2.45, 2.75) is 25.7 Å². The highest BCUT2D eigenvalue weighted by Gasteiger charge is 1.97. The maximum atomic E-state index is 4.18. The van der Waals surface area contributed by atoms with Crippen LogP contribution < -0.4 is 5.32 Å². The number of pyridine rings is 2. The van der Waals surface area contributed by atoms with E-state index in [1.807, 2.05) is 24.8 Å². The summed E-state index contributed by atoms with van der Waals surface area (Å²) in [7, 11) is 0. The number of halogens is 2. The Morgan fingerprint density at radius 2 is 1.24 bits per heavy atom. The molecule has 2 aromatic rings. The second-order valence-corrected chi connectivity index (χ2v) is 6.81. The molecule has 0 aliphatic carbocycles. The molecule has 2 rings (SSSR count). The normalized spacial score (nSPS) is 10.8. The molecule has 0 aliphatic heterocycles. The van der Waals surface area contributed by atoms with Gasteiger partial charge >= 0.3 is 0 Å². The van der Waals surface area contributed by atoms with E-state index in [1.54, 1.807) is 0 Å². The third-order valence-electron chi connectivity index (χ3n) is 3.16. The first-order chi connectivity index (χ1) is 10.2. The predicted octanol–water partition coefficient (Wildman–Crippen LogP) is 4.16. The van der Waals surface area contributed by atoms with E-state index in [2.05, 4.69) is 59.3 Å². The van der Waals surface area contributed by atoms with Gasteiger partial charge in [-0.2, -0.15) is 0 Å². The second-order valence-electron chi connectivity index (χ2n) is 4.98. The van der Waals surface area contributed by atoms with Crippen molar-refractivity contribution in [3.8, 4) is 0 Å². The van der Waals surface area contributed by atoms with Gasteiger partial charge in [-0.15, -0.1) is 0 Å². The Labute approximate surface area is 142 Å². The van der Waals surface area contributed by atoms with E-state index in [-0.39, 0.29) is 0 Å². The van der Waals surface area contributed by atoms with Gasteiger partial charge in [-0.05, 0) is 93.9 Å². The van der Waals surface area contributed by atoms with Crippen LogP contribution in [-0.2, 0) is 12.8 Å². The molecule has 0 fully saturated rings. The van der Waals surface area contributed by atoms with Crippen LogP contribution in [0.5, 0.6) is 0 Å². The van der Waals surface area contributed by atoms with Crippen molar-refractivity contribution in [3.05, 3.63) is 57.0 Å². The topological polar surface area (TPSA) is 37.8 Å². The highest BCUT2D eigenvalue weighted by atomic mass is 79.9. The fourth-order valence-corrected chi connectivity index (χ4v) is 2.97. The van der Waals surface area contributed by atoms with Crippen LogP contribution in [0, 0.1) is 0 Å². The first kappa shape index (κ1) is 16.6. The van der Waals surface area contributed by atoms with Crippen molar-refractivity contribution in [3.63, 3.8) is 0 Å². The zero-order valence-corrected chi connectivity index (χ0v) is 15.0. The molecule has 3 nitrogen and oxygen atoms in total. The number of aromatic nitrogens is 2. The Hall–Kier alpha value is -0.780. The van der Waals surface area contributed by atoms with E-state index in [1.165, 1.54) is 11.1 Å². The van der Waals surface area contributed by atoms with Gasteiger partial charge in [0.05, 0.1) is 0 Å². The first-order valence-corrected chi connectivity index (χ1v) is 8.72. The van der Waals surface area contributed by atoms with Crippen LogP contribution in [0.2, 0.25) is 0 Å². The molecular formula is C16H19Br2N3. The minimum Gasteiger partial charge on any atom is -0.317 e. The Morgan fingerprint density at radius 1 is 0.762 bits per heavy atom. The lowest BCUT2D eigenvalue weighted by Gasteiger charge is -2.05. The Morgan fingerprint density at radius 3 is 1.67 bits per heavy atom. The van der Waals surface area contributed by atoms with Crippen LogP contribution in [-0.4, -0.2) is 23.1 Å². The van der Waals surface area contributed by atoms with Crippen LogP contribution >= 0.6 is 31.9 Å². The van der Waals surface area contributed by atoms with Gasteiger partial charge in [0.2, 0.25) is 0 Å².